The summed E-state index contributed by atoms with van der Waals surface area (Å²) in [6.07, 6.45) is -5.95. The molecule has 2 aromatic carbocycles. The highest BCUT2D eigenvalue weighted by molar-refractivity contribution is 7.80. The van der Waals surface area contributed by atoms with Gasteiger partial charge in [0.2, 0.25) is 0 Å². The second kappa shape index (κ2) is 11.4. The van der Waals surface area contributed by atoms with E-state index < -0.39 is 30.7 Å². The summed E-state index contributed by atoms with van der Waals surface area (Å²) >= 11 is 11.4. The molecule has 1 atom stereocenters. The fourth-order valence-corrected chi connectivity index (χ4v) is 4.79. The van der Waals surface area contributed by atoms with E-state index in [1.54, 1.807) is 0 Å². The first kappa shape index (κ1) is 28.7. The molecule has 3 N–H and O–H groups in total. The van der Waals surface area contributed by atoms with Crippen molar-refractivity contribution in [1.82, 2.24) is 20.0 Å². The molecule has 0 fully saturated rings. The minimum Gasteiger partial charge on any atom is -0.382 e. The lowest BCUT2D eigenvalue weighted by Gasteiger charge is -2.27. The second-order valence-corrected chi connectivity index (χ2v) is 10.4. The van der Waals surface area contributed by atoms with Crippen molar-refractivity contribution in [2.24, 2.45) is 0 Å². The normalized spacial score (nSPS) is 14.1. The molecule has 0 radical (unpaired) electrons. The van der Waals surface area contributed by atoms with Crippen LogP contribution < -0.4 is 5.32 Å². The summed E-state index contributed by atoms with van der Waals surface area (Å²) in [5.41, 5.74) is 5.59. The van der Waals surface area contributed by atoms with Gasteiger partial charge in [-0.25, -0.2) is 9.48 Å². The number of hydrogen-bond donors (Lipinski definition) is 3. The maximum atomic E-state index is 13.2. The molecule has 206 valence electrons. The van der Waals surface area contributed by atoms with Crippen LogP contribution in [0.15, 0.2) is 42.5 Å². The van der Waals surface area contributed by atoms with Crippen molar-refractivity contribution < 1.29 is 23.1 Å². The number of urea groups is 1. The van der Waals surface area contributed by atoms with Crippen LogP contribution in [0.4, 0.5) is 18.0 Å². The third-order valence-corrected chi connectivity index (χ3v) is 7.37. The Labute approximate surface area is 234 Å². The highest BCUT2D eigenvalue weighted by Gasteiger charge is 2.41. The fourth-order valence-electron chi connectivity index (χ4n) is 4.42. The summed E-state index contributed by atoms with van der Waals surface area (Å²) in [4.78, 5) is 14.6. The molecule has 3 aromatic rings. The van der Waals surface area contributed by atoms with E-state index in [1.807, 2.05) is 36.7 Å². The van der Waals surface area contributed by atoms with E-state index in [0.717, 1.165) is 32.9 Å². The number of aryl methyl sites for hydroxylation is 1. The zero-order valence-electron chi connectivity index (χ0n) is 21.3. The molecule has 0 spiro atoms. The number of carbonyl (C=O) groups is 1. The van der Waals surface area contributed by atoms with Gasteiger partial charge in [0, 0.05) is 17.0 Å². The molecule has 0 bridgehead atoms. The Morgan fingerprint density at radius 1 is 1.23 bits per heavy atom. The number of aliphatic hydroxyl groups is 1. The Morgan fingerprint density at radius 3 is 2.59 bits per heavy atom. The van der Waals surface area contributed by atoms with Gasteiger partial charge < -0.3 is 10.4 Å². The molecule has 0 saturated carbocycles. The first-order valence-corrected chi connectivity index (χ1v) is 13.0. The van der Waals surface area contributed by atoms with Gasteiger partial charge in [-0.15, -0.1) is 0 Å². The van der Waals surface area contributed by atoms with Gasteiger partial charge in [0.15, 0.2) is 6.10 Å². The Morgan fingerprint density at radius 2 is 1.92 bits per heavy atom. The lowest BCUT2D eigenvalue weighted by atomic mass is 9.95. The Balaban J connectivity index is 1.63. The SMILES string of the molecule is Cc1cccc(-n2nc(CNC(=O)N(C[C@H](O)C(F)(F)F)C(=N)c3ccc(Cl)cc3)c3c2CC(=S)CC3)c1C. The summed E-state index contributed by atoms with van der Waals surface area (Å²) in [5.74, 6) is -0.513. The summed E-state index contributed by atoms with van der Waals surface area (Å²) in [5, 5.41) is 25.8. The number of aliphatic hydroxyl groups excluding tert-OH is 1. The number of hydrogen-bond acceptors (Lipinski definition) is 5. The maximum Gasteiger partial charge on any atom is 0.416 e. The molecule has 1 aromatic heterocycles. The van der Waals surface area contributed by atoms with Crippen LogP contribution in [-0.4, -0.2) is 55.3 Å². The van der Waals surface area contributed by atoms with Crippen LogP contribution in [0.5, 0.6) is 0 Å². The molecule has 4 rings (SSSR count). The van der Waals surface area contributed by atoms with Crippen molar-refractivity contribution in [3.8, 4) is 5.69 Å². The minimum absolute atomic E-state index is 0.0850. The van der Waals surface area contributed by atoms with Crippen molar-refractivity contribution in [3.05, 3.63) is 81.1 Å². The minimum atomic E-state index is -4.97. The molecule has 7 nitrogen and oxygen atoms in total. The number of carbonyl (C=O) groups excluding carboxylic acids is 1. The van der Waals surface area contributed by atoms with Gasteiger partial charge in [-0.3, -0.25) is 10.3 Å². The van der Waals surface area contributed by atoms with Gasteiger partial charge in [-0.2, -0.15) is 18.3 Å². The van der Waals surface area contributed by atoms with Gasteiger partial charge in [-0.05, 0) is 78.6 Å². The number of halogens is 4. The molecule has 1 aliphatic carbocycles. The summed E-state index contributed by atoms with van der Waals surface area (Å²) in [7, 11) is 0. The van der Waals surface area contributed by atoms with E-state index in [9.17, 15) is 23.1 Å². The quantitative estimate of drug-likeness (QED) is 0.206. The first-order valence-electron chi connectivity index (χ1n) is 12.2. The number of alkyl halides is 3. The average Bonchev–Trinajstić information content (AvgIpc) is 3.24. The van der Waals surface area contributed by atoms with Crippen LogP contribution in [-0.2, 0) is 19.4 Å². The number of fused-ring (bicyclic) bond motifs is 1. The zero-order chi connectivity index (χ0) is 28.5. The monoisotopic (exact) mass is 577 g/mol. The number of amidine groups is 1. The predicted octanol–water partition coefficient (Wildman–Crippen LogP) is 5.46. The zero-order valence-corrected chi connectivity index (χ0v) is 22.8. The number of amides is 2. The number of thiocarbonyl (C=S) groups is 1. The summed E-state index contributed by atoms with van der Waals surface area (Å²) in [6.45, 7) is 2.76. The molecule has 2 amide bonds. The van der Waals surface area contributed by atoms with E-state index in [-0.39, 0.29) is 12.1 Å². The number of nitrogens with zero attached hydrogens (tertiary/aromatic N) is 3. The van der Waals surface area contributed by atoms with Crippen LogP contribution >= 0.6 is 23.8 Å². The van der Waals surface area contributed by atoms with E-state index in [0.29, 0.717) is 34.9 Å². The molecular weight excluding hydrogens is 551 g/mol. The first-order chi connectivity index (χ1) is 18.4. The lowest BCUT2D eigenvalue weighted by molar-refractivity contribution is -0.204. The summed E-state index contributed by atoms with van der Waals surface area (Å²) in [6, 6.07) is 10.6. The second-order valence-electron chi connectivity index (χ2n) is 9.40. The van der Waals surface area contributed by atoms with Gasteiger partial charge in [-0.1, -0.05) is 36.0 Å². The molecule has 1 heterocycles. The smallest absolute Gasteiger partial charge is 0.382 e. The van der Waals surface area contributed by atoms with E-state index in [2.05, 4.69) is 5.32 Å². The van der Waals surface area contributed by atoms with Gasteiger partial charge in [0.25, 0.3) is 0 Å². The maximum absolute atomic E-state index is 13.2. The average molecular weight is 578 g/mol. The van der Waals surface area contributed by atoms with E-state index in [4.69, 9.17) is 34.3 Å². The van der Waals surface area contributed by atoms with Crippen molar-refractivity contribution in [1.29, 1.82) is 5.41 Å². The lowest BCUT2D eigenvalue weighted by Crippen LogP contribution is -2.50. The van der Waals surface area contributed by atoms with Crippen LogP contribution in [0.25, 0.3) is 5.69 Å². The Hall–Kier alpha value is -3.28. The highest BCUT2D eigenvalue weighted by Crippen LogP contribution is 2.28. The predicted molar refractivity (Wildman–Crippen MR) is 147 cm³/mol. The van der Waals surface area contributed by atoms with Crippen LogP contribution in [0, 0.1) is 19.3 Å². The van der Waals surface area contributed by atoms with Crippen molar-refractivity contribution in [2.45, 2.75) is 51.9 Å². The largest absolute Gasteiger partial charge is 0.416 e. The van der Waals surface area contributed by atoms with E-state index in [1.165, 1.54) is 24.3 Å². The standard InChI is InChI=1S/C27H27ClF3N5O2S/c1-15-4-3-5-22(16(15)2)36-23-12-19(39)10-11-20(23)21(34-36)13-33-26(38)35(14-24(37)27(29,30)31)25(32)17-6-8-18(28)9-7-17/h3-9,24,32,37H,10-14H2,1-2H3,(H,33,38)/t24-/m0/s1. The third kappa shape index (κ3) is 6.32. The molecule has 0 saturated heterocycles. The summed E-state index contributed by atoms with van der Waals surface area (Å²) < 4.78 is 41.3. The molecule has 39 heavy (non-hydrogen) atoms. The van der Waals surface area contributed by atoms with E-state index >= 15 is 0 Å². The van der Waals surface area contributed by atoms with Crippen LogP contribution in [0.1, 0.15) is 40.1 Å². The van der Waals surface area contributed by atoms with Gasteiger partial charge >= 0.3 is 12.2 Å². The Kier molecular flexibility index (Phi) is 8.43. The van der Waals surface area contributed by atoms with Crippen LogP contribution in [0.3, 0.4) is 0 Å². The molecule has 0 aliphatic heterocycles. The van der Waals surface area contributed by atoms with Gasteiger partial charge in [0.05, 0.1) is 30.2 Å². The highest BCUT2D eigenvalue weighted by atomic mass is 35.5. The fraction of sp³-hybridized carbons (Fsp3) is 0.333. The molecule has 12 heteroatoms. The number of benzene rings is 2. The number of aromatic nitrogens is 2. The van der Waals surface area contributed by atoms with Crippen LogP contribution in [0.2, 0.25) is 5.02 Å². The third-order valence-electron chi connectivity index (χ3n) is 6.77. The Bertz CT molecular complexity index is 1420. The van der Waals surface area contributed by atoms with Crippen molar-refractivity contribution in [3.63, 3.8) is 0 Å². The molecule has 0 unspecified atom stereocenters. The number of nitrogens with one attached hydrogen (secondary N) is 2. The number of rotatable bonds is 6. The van der Waals surface area contributed by atoms with Gasteiger partial charge in [0.1, 0.15) is 5.84 Å². The topological polar surface area (TPSA) is 94.2 Å². The molecular formula is C27H27ClF3N5O2S. The molecule has 1 aliphatic rings. The van der Waals surface area contributed by atoms with Crippen molar-refractivity contribution in [2.75, 3.05) is 6.54 Å². The van der Waals surface area contributed by atoms with Crippen molar-refractivity contribution >= 4 is 40.6 Å².